The van der Waals surface area contributed by atoms with Gasteiger partial charge in [0.2, 0.25) is 5.91 Å². The minimum Gasteiger partial charge on any atom is -0.328 e. The Morgan fingerprint density at radius 1 is 1.04 bits per heavy atom. The van der Waals surface area contributed by atoms with E-state index in [0.717, 1.165) is 16.0 Å². The highest BCUT2D eigenvalue weighted by molar-refractivity contribution is 7.98. The molecule has 0 bridgehead atoms. The zero-order valence-electron chi connectivity index (χ0n) is 16.0. The number of carbonyl (C=O) groups is 3. The highest BCUT2D eigenvalue weighted by atomic mass is 32.2. The van der Waals surface area contributed by atoms with Gasteiger partial charge in [0.1, 0.15) is 6.54 Å². The summed E-state index contributed by atoms with van der Waals surface area (Å²) in [5.74, 6) is -1.51. The van der Waals surface area contributed by atoms with Crippen LogP contribution in [-0.2, 0) is 20.9 Å². The highest BCUT2D eigenvalue weighted by Gasteiger charge is 2.33. The first-order valence-corrected chi connectivity index (χ1v) is 10.3. The fourth-order valence-corrected chi connectivity index (χ4v) is 3.54. The number of rotatable bonds is 6. The number of hydrogen-bond acceptors (Lipinski definition) is 4. The molecule has 1 aliphatic rings. The van der Waals surface area contributed by atoms with Crippen molar-refractivity contribution in [2.75, 3.05) is 31.2 Å². The first-order valence-electron chi connectivity index (χ1n) is 9.04. The number of aryl methyl sites for hydroxylation is 1. The molecule has 146 valence electrons. The van der Waals surface area contributed by atoms with Gasteiger partial charge < -0.3 is 15.1 Å². The van der Waals surface area contributed by atoms with Crippen molar-refractivity contribution in [3.05, 3.63) is 59.7 Å². The fourth-order valence-electron chi connectivity index (χ4n) is 3.08. The number of nitrogens with zero attached hydrogens (tertiary/aromatic N) is 2. The molecule has 1 N–H and O–H groups in total. The van der Waals surface area contributed by atoms with Gasteiger partial charge in [0, 0.05) is 30.2 Å². The van der Waals surface area contributed by atoms with Crippen LogP contribution in [0.25, 0.3) is 0 Å². The number of hydrogen-bond donors (Lipinski definition) is 1. The van der Waals surface area contributed by atoms with Crippen LogP contribution < -0.4 is 5.32 Å². The Bertz CT molecular complexity index is 900. The van der Waals surface area contributed by atoms with E-state index in [-0.39, 0.29) is 12.5 Å². The molecule has 0 saturated carbocycles. The summed E-state index contributed by atoms with van der Waals surface area (Å²) in [6.07, 6.45) is 1.96. The predicted molar refractivity (Wildman–Crippen MR) is 110 cm³/mol. The minimum atomic E-state index is -0.632. The molecular weight excluding hydrogens is 374 g/mol. The van der Waals surface area contributed by atoms with Crippen LogP contribution in [-0.4, -0.2) is 53.4 Å². The first-order chi connectivity index (χ1) is 13.5. The average molecular weight is 398 g/mol. The molecule has 2 aromatic carbocycles. The quantitative estimate of drug-likeness (QED) is 0.601. The van der Waals surface area contributed by atoms with Gasteiger partial charge in [0.25, 0.3) is 0 Å². The molecule has 3 rings (SSSR count). The Balaban J connectivity index is 1.58. The van der Waals surface area contributed by atoms with Crippen LogP contribution in [0.2, 0.25) is 0 Å². The van der Waals surface area contributed by atoms with E-state index in [1.165, 1.54) is 4.90 Å². The summed E-state index contributed by atoms with van der Waals surface area (Å²) >= 11 is 1.58. The van der Waals surface area contributed by atoms with Crippen molar-refractivity contribution in [3.8, 4) is 0 Å². The second-order valence-corrected chi connectivity index (χ2v) is 7.54. The largest absolute Gasteiger partial charge is 0.328 e. The van der Waals surface area contributed by atoms with Gasteiger partial charge in [-0.1, -0.05) is 30.3 Å². The smallest absolute Gasteiger partial charge is 0.312 e. The summed E-state index contributed by atoms with van der Waals surface area (Å²) in [5.41, 5.74) is 2.77. The van der Waals surface area contributed by atoms with Gasteiger partial charge in [-0.05, 0) is 42.5 Å². The molecule has 2 aromatic rings. The number of amides is 3. The van der Waals surface area contributed by atoms with Crippen LogP contribution in [0.5, 0.6) is 0 Å². The number of carbonyl (C=O) groups excluding carboxylic acids is 3. The van der Waals surface area contributed by atoms with Crippen LogP contribution in [0.15, 0.2) is 53.4 Å². The van der Waals surface area contributed by atoms with Crippen LogP contribution in [0.4, 0.5) is 5.69 Å². The standard InChI is InChI=1S/C21H23N3O3S/c1-15-6-3-4-7-16(15)13-23-10-11-24(21(27)20(23)26)14-19(25)22-17-8-5-9-18(12-17)28-2/h3-9,12H,10-11,13-14H2,1-2H3,(H,22,25). The van der Waals surface area contributed by atoms with Crippen LogP contribution in [0, 0.1) is 6.92 Å². The lowest BCUT2D eigenvalue weighted by Gasteiger charge is -2.33. The lowest BCUT2D eigenvalue weighted by molar-refractivity contribution is -0.157. The predicted octanol–water partition coefficient (Wildman–Crippen LogP) is 2.53. The zero-order chi connectivity index (χ0) is 20.1. The summed E-state index contributed by atoms with van der Waals surface area (Å²) in [6.45, 7) is 3.00. The third-order valence-corrected chi connectivity index (χ3v) is 5.43. The van der Waals surface area contributed by atoms with E-state index >= 15 is 0 Å². The number of piperazine rings is 1. The van der Waals surface area contributed by atoms with Crippen molar-refractivity contribution in [1.29, 1.82) is 0 Å². The van der Waals surface area contributed by atoms with Crippen molar-refractivity contribution < 1.29 is 14.4 Å². The topological polar surface area (TPSA) is 69.7 Å². The molecule has 1 saturated heterocycles. The Kier molecular flexibility index (Phi) is 6.36. The van der Waals surface area contributed by atoms with Crippen molar-refractivity contribution in [2.24, 2.45) is 0 Å². The lowest BCUT2D eigenvalue weighted by Crippen LogP contribution is -2.55. The van der Waals surface area contributed by atoms with Gasteiger partial charge in [0.15, 0.2) is 0 Å². The van der Waals surface area contributed by atoms with Gasteiger partial charge in [-0.25, -0.2) is 0 Å². The van der Waals surface area contributed by atoms with E-state index in [1.807, 2.05) is 55.6 Å². The summed E-state index contributed by atoms with van der Waals surface area (Å²) < 4.78 is 0. The molecule has 0 aliphatic carbocycles. The molecule has 0 unspecified atom stereocenters. The first kappa shape index (κ1) is 19.9. The third kappa shape index (κ3) is 4.72. The van der Waals surface area contributed by atoms with Crippen molar-refractivity contribution in [1.82, 2.24) is 9.80 Å². The summed E-state index contributed by atoms with van der Waals surface area (Å²) in [6, 6.07) is 15.3. The summed E-state index contributed by atoms with van der Waals surface area (Å²) in [4.78, 5) is 41.1. The molecule has 1 aliphatic heterocycles. The van der Waals surface area contributed by atoms with E-state index in [9.17, 15) is 14.4 Å². The maximum Gasteiger partial charge on any atom is 0.312 e. The van der Waals surface area contributed by atoms with Crippen LogP contribution >= 0.6 is 11.8 Å². The van der Waals surface area contributed by atoms with Crippen LogP contribution in [0.3, 0.4) is 0 Å². The zero-order valence-corrected chi connectivity index (χ0v) is 16.8. The van der Waals surface area contributed by atoms with Gasteiger partial charge in [0.05, 0.1) is 0 Å². The third-order valence-electron chi connectivity index (χ3n) is 4.71. The van der Waals surface area contributed by atoms with Crippen molar-refractivity contribution in [2.45, 2.75) is 18.4 Å². The number of thioether (sulfide) groups is 1. The molecule has 1 heterocycles. The number of nitrogens with one attached hydrogen (secondary N) is 1. The number of benzene rings is 2. The minimum absolute atomic E-state index is 0.133. The fraction of sp³-hybridized carbons (Fsp3) is 0.286. The Morgan fingerprint density at radius 2 is 1.75 bits per heavy atom. The molecule has 0 atom stereocenters. The highest BCUT2D eigenvalue weighted by Crippen LogP contribution is 2.19. The van der Waals surface area contributed by atoms with E-state index < -0.39 is 11.8 Å². The van der Waals surface area contributed by atoms with Gasteiger partial charge in [-0.2, -0.15) is 0 Å². The molecule has 7 heteroatoms. The van der Waals surface area contributed by atoms with E-state index in [2.05, 4.69) is 5.32 Å². The SMILES string of the molecule is CSc1cccc(NC(=O)CN2CCN(Cc3ccccc3C)C(=O)C2=O)c1. The molecule has 28 heavy (non-hydrogen) atoms. The Labute approximate surface area is 168 Å². The average Bonchev–Trinajstić information content (AvgIpc) is 2.69. The molecule has 3 amide bonds. The second kappa shape index (κ2) is 8.93. The second-order valence-electron chi connectivity index (χ2n) is 6.66. The monoisotopic (exact) mass is 397 g/mol. The maximum atomic E-state index is 12.5. The maximum absolute atomic E-state index is 12.5. The van der Waals surface area contributed by atoms with Crippen molar-refractivity contribution in [3.63, 3.8) is 0 Å². The molecule has 6 nitrogen and oxygen atoms in total. The van der Waals surface area contributed by atoms with Crippen molar-refractivity contribution >= 4 is 35.2 Å². The Morgan fingerprint density at radius 3 is 2.50 bits per heavy atom. The van der Waals surface area contributed by atoms with Gasteiger partial charge >= 0.3 is 11.8 Å². The molecule has 0 radical (unpaired) electrons. The molecule has 1 fully saturated rings. The molecular formula is C21H23N3O3S. The van der Waals surface area contributed by atoms with Crippen LogP contribution in [0.1, 0.15) is 11.1 Å². The summed E-state index contributed by atoms with van der Waals surface area (Å²) in [7, 11) is 0. The van der Waals surface area contributed by atoms with E-state index in [1.54, 1.807) is 22.7 Å². The van der Waals surface area contributed by atoms with Gasteiger partial charge in [-0.3, -0.25) is 14.4 Å². The van der Waals surface area contributed by atoms with Gasteiger partial charge in [-0.15, -0.1) is 11.8 Å². The lowest BCUT2D eigenvalue weighted by atomic mass is 10.1. The number of anilines is 1. The normalized spacial score (nSPS) is 14.4. The molecule has 0 spiro atoms. The Hall–Kier alpha value is -2.80. The van der Waals surface area contributed by atoms with E-state index in [0.29, 0.717) is 25.3 Å². The van der Waals surface area contributed by atoms with E-state index in [4.69, 9.17) is 0 Å². The molecule has 0 aromatic heterocycles. The summed E-state index contributed by atoms with van der Waals surface area (Å²) in [5, 5.41) is 2.79.